The molecule has 0 rings (SSSR count). The maximum absolute atomic E-state index is 11.4. The van der Waals surface area contributed by atoms with Crippen molar-refractivity contribution in [2.24, 2.45) is 0 Å². The minimum atomic E-state index is -1.21. The molecule has 0 aliphatic rings. The van der Waals surface area contributed by atoms with E-state index in [1.807, 2.05) is 5.32 Å². The molecule has 0 bridgehead atoms. The van der Waals surface area contributed by atoms with Crippen LogP contribution in [0.2, 0.25) is 0 Å². The molecule has 2 N–H and O–H groups in total. The fourth-order valence-corrected chi connectivity index (χ4v) is 0.944. The summed E-state index contributed by atoms with van der Waals surface area (Å²) in [6.07, 6.45) is 0.00409. The van der Waals surface area contributed by atoms with Crippen molar-refractivity contribution in [3.63, 3.8) is 0 Å². The molecule has 0 aromatic heterocycles. The van der Waals surface area contributed by atoms with Gasteiger partial charge in [-0.2, -0.15) is 0 Å². The number of hydrogen-bond acceptors (Lipinski definition) is 6. The third kappa shape index (κ3) is 8.55. The van der Waals surface area contributed by atoms with Gasteiger partial charge in [-0.3, -0.25) is 14.9 Å². The summed E-state index contributed by atoms with van der Waals surface area (Å²) in [7, 11) is 2.62. The minimum Gasteiger partial charge on any atom is -0.480 e. The summed E-state index contributed by atoms with van der Waals surface area (Å²) in [5, 5.41) is 10.2. The van der Waals surface area contributed by atoms with Crippen LogP contribution in [0, 0.1) is 0 Å². The van der Waals surface area contributed by atoms with Crippen molar-refractivity contribution in [1.82, 2.24) is 10.2 Å². The van der Waals surface area contributed by atoms with Gasteiger partial charge in [-0.05, 0) is 0 Å². The number of carboxylic acid groups (broad SMARTS) is 1. The Kier molecular flexibility index (Phi) is 7.85. The lowest BCUT2D eigenvalue weighted by Gasteiger charge is -2.16. The Hall–Kier alpha value is -2.16. The number of nitrogens with zero attached hydrogens (tertiary/aromatic N) is 1. The maximum Gasteiger partial charge on any atom is 0.329 e. The molecule has 0 heterocycles. The molecule has 0 fully saturated rings. The largest absolute Gasteiger partial charge is 0.480 e. The van der Waals surface area contributed by atoms with Crippen LogP contribution in [0.4, 0.5) is 4.79 Å². The summed E-state index contributed by atoms with van der Waals surface area (Å²) >= 11 is 0. The minimum absolute atomic E-state index is 0.00409. The van der Waals surface area contributed by atoms with E-state index in [1.54, 1.807) is 0 Å². The van der Waals surface area contributed by atoms with E-state index >= 15 is 0 Å². The Balaban J connectivity index is 3.91. The Morgan fingerprint density at radius 1 is 1.21 bits per heavy atom. The van der Waals surface area contributed by atoms with Gasteiger partial charge in [-0.1, -0.05) is 0 Å². The first-order chi connectivity index (χ1) is 8.86. The molecule has 0 atom stereocenters. The van der Waals surface area contributed by atoms with E-state index in [0.717, 1.165) is 4.90 Å². The summed E-state index contributed by atoms with van der Waals surface area (Å²) in [6, 6.07) is -0.715. The van der Waals surface area contributed by atoms with E-state index < -0.39 is 37.1 Å². The number of nitrogens with one attached hydrogen (secondary N) is 1. The Bertz CT molecular complexity index is 356. The number of carbonyl (C=O) groups is 4. The third-order valence-electron chi connectivity index (χ3n) is 1.93. The predicted molar refractivity (Wildman–Crippen MR) is 61.3 cm³/mol. The van der Waals surface area contributed by atoms with Gasteiger partial charge >= 0.3 is 18.0 Å². The van der Waals surface area contributed by atoms with Crippen LogP contribution in [-0.4, -0.2) is 67.8 Å². The van der Waals surface area contributed by atoms with Gasteiger partial charge < -0.3 is 19.5 Å². The second-order valence-corrected chi connectivity index (χ2v) is 3.49. The zero-order valence-electron chi connectivity index (χ0n) is 10.7. The lowest BCUT2D eigenvalue weighted by molar-refractivity contribution is -0.143. The Labute approximate surface area is 109 Å². The lowest BCUT2D eigenvalue weighted by atomic mass is 10.4. The Morgan fingerprint density at radius 2 is 1.84 bits per heavy atom. The predicted octanol–water partition coefficient (Wildman–Crippen LogP) is -1.18. The summed E-state index contributed by atoms with van der Waals surface area (Å²) in [6.45, 7) is -1.08. The highest BCUT2D eigenvalue weighted by molar-refractivity contribution is 5.95. The molecule has 0 unspecified atom stereocenters. The van der Waals surface area contributed by atoms with Crippen LogP contribution in [0.15, 0.2) is 0 Å². The van der Waals surface area contributed by atoms with Crippen molar-refractivity contribution in [2.75, 3.05) is 33.9 Å². The van der Waals surface area contributed by atoms with Crippen molar-refractivity contribution in [2.45, 2.75) is 6.42 Å². The molecule has 0 aliphatic heterocycles. The van der Waals surface area contributed by atoms with E-state index in [1.165, 1.54) is 14.2 Å². The molecule has 0 spiro atoms. The number of carbonyl (C=O) groups excluding carboxylic acids is 3. The molecule has 9 nitrogen and oxygen atoms in total. The van der Waals surface area contributed by atoms with Crippen LogP contribution in [0.1, 0.15) is 6.42 Å². The topological polar surface area (TPSA) is 122 Å². The number of imide groups is 1. The number of carboxylic acids is 1. The molecular weight excluding hydrogens is 260 g/mol. The van der Waals surface area contributed by atoms with Crippen molar-refractivity contribution in [3.8, 4) is 0 Å². The number of ether oxygens (including phenoxy) is 2. The fraction of sp³-hybridized carbons (Fsp3) is 0.600. The summed E-state index contributed by atoms with van der Waals surface area (Å²) in [5.41, 5.74) is 0. The molecule has 0 saturated heterocycles. The number of amides is 3. The number of hydrogen-bond donors (Lipinski definition) is 2. The van der Waals surface area contributed by atoms with Gasteiger partial charge in [-0.25, -0.2) is 9.59 Å². The summed E-state index contributed by atoms with van der Waals surface area (Å²) < 4.78 is 8.89. The molecule has 0 aliphatic carbocycles. The summed E-state index contributed by atoms with van der Waals surface area (Å²) in [5.74, 6) is -2.46. The first kappa shape index (κ1) is 16.8. The first-order valence-electron chi connectivity index (χ1n) is 5.28. The number of esters is 1. The highest BCUT2D eigenvalue weighted by Gasteiger charge is 2.14. The standard InChI is InChI=1S/C10H16N2O7/c1-12(4-3-9(16)18-2)10(17)11-7(13)5-19-6-8(14)15/h3-6H2,1-2H3,(H,14,15)(H,11,13,17). The van der Waals surface area contributed by atoms with E-state index in [2.05, 4.69) is 9.47 Å². The number of methoxy groups -OCH3 is 1. The highest BCUT2D eigenvalue weighted by Crippen LogP contribution is 1.91. The van der Waals surface area contributed by atoms with E-state index in [-0.39, 0.29) is 13.0 Å². The van der Waals surface area contributed by atoms with E-state index in [0.29, 0.717) is 0 Å². The molecule has 108 valence electrons. The lowest BCUT2D eigenvalue weighted by Crippen LogP contribution is -2.43. The van der Waals surface area contributed by atoms with Crippen LogP contribution in [0.3, 0.4) is 0 Å². The van der Waals surface area contributed by atoms with Crippen LogP contribution >= 0.6 is 0 Å². The molecule has 0 aromatic rings. The van der Waals surface area contributed by atoms with Crippen LogP contribution in [0.5, 0.6) is 0 Å². The second-order valence-electron chi connectivity index (χ2n) is 3.49. The van der Waals surface area contributed by atoms with Crippen molar-refractivity contribution < 1.29 is 33.8 Å². The average Bonchev–Trinajstić information content (AvgIpc) is 2.34. The van der Waals surface area contributed by atoms with Crippen LogP contribution < -0.4 is 5.32 Å². The smallest absolute Gasteiger partial charge is 0.329 e. The van der Waals surface area contributed by atoms with Gasteiger partial charge in [0, 0.05) is 13.6 Å². The number of rotatable bonds is 7. The molecule has 0 aromatic carbocycles. The van der Waals surface area contributed by atoms with Crippen LogP contribution in [0.25, 0.3) is 0 Å². The zero-order valence-corrected chi connectivity index (χ0v) is 10.7. The molecule has 9 heteroatoms. The first-order valence-corrected chi connectivity index (χ1v) is 5.28. The van der Waals surface area contributed by atoms with Gasteiger partial charge in [0.15, 0.2) is 0 Å². The molecule has 19 heavy (non-hydrogen) atoms. The maximum atomic E-state index is 11.4. The molecule has 0 saturated carbocycles. The highest BCUT2D eigenvalue weighted by atomic mass is 16.5. The Morgan fingerprint density at radius 3 is 2.37 bits per heavy atom. The average molecular weight is 276 g/mol. The summed E-state index contributed by atoms with van der Waals surface area (Å²) in [4.78, 5) is 44.7. The monoisotopic (exact) mass is 276 g/mol. The van der Waals surface area contributed by atoms with Crippen LogP contribution in [-0.2, 0) is 23.9 Å². The van der Waals surface area contributed by atoms with Crippen molar-refractivity contribution >= 4 is 23.9 Å². The third-order valence-corrected chi connectivity index (χ3v) is 1.93. The number of aliphatic carboxylic acids is 1. The van der Waals surface area contributed by atoms with Crippen molar-refractivity contribution in [1.29, 1.82) is 0 Å². The van der Waals surface area contributed by atoms with Gasteiger partial charge in [0.2, 0.25) is 0 Å². The van der Waals surface area contributed by atoms with E-state index in [4.69, 9.17) is 5.11 Å². The van der Waals surface area contributed by atoms with Gasteiger partial charge in [0.05, 0.1) is 13.5 Å². The molecule has 3 amide bonds. The normalized spacial score (nSPS) is 9.58. The van der Waals surface area contributed by atoms with E-state index in [9.17, 15) is 19.2 Å². The van der Waals surface area contributed by atoms with Gasteiger partial charge in [0.25, 0.3) is 5.91 Å². The quantitative estimate of drug-likeness (QED) is 0.561. The SMILES string of the molecule is COC(=O)CCN(C)C(=O)NC(=O)COCC(=O)O. The number of urea groups is 1. The van der Waals surface area contributed by atoms with Crippen molar-refractivity contribution in [3.05, 3.63) is 0 Å². The fourth-order valence-electron chi connectivity index (χ4n) is 0.944. The van der Waals surface area contributed by atoms with Gasteiger partial charge in [0.1, 0.15) is 13.2 Å². The molecule has 0 radical (unpaired) electrons. The zero-order chi connectivity index (χ0) is 14.8. The second kappa shape index (κ2) is 8.86. The molecular formula is C10H16N2O7. The van der Waals surface area contributed by atoms with Gasteiger partial charge in [-0.15, -0.1) is 0 Å².